The number of carbonyl (C=O) groups excluding carboxylic acids is 1. The molecule has 0 aliphatic heterocycles. The lowest BCUT2D eigenvalue weighted by Crippen LogP contribution is -2.57. The van der Waals surface area contributed by atoms with E-state index in [4.69, 9.17) is 0 Å². The van der Waals surface area contributed by atoms with Crippen LogP contribution in [0.3, 0.4) is 0 Å². The molecule has 33 heavy (non-hydrogen) atoms. The lowest BCUT2D eigenvalue weighted by atomic mass is 9.41. The summed E-state index contributed by atoms with van der Waals surface area (Å²) in [4.78, 5) is 12.8. The summed E-state index contributed by atoms with van der Waals surface area (Å²) in [6.07, 6.45) is 11.5. The number of rotatable bonds is 5. The van der Waals surface area contributed by atoms with Gasteiger partial charge in [-0.3, -0.25) is 4.79 Å². The Morgan fingerprint density at radius 2 is 1.73 bits per heavy atom. The largest absolute Gasteiger partial charge is 0.390 e. The van der Waals surface area contributed by atoms with E-state index < -0.39 is 11.7 Å². The number of allylic oxidation sites excluding steroid dienone is 2. The summed E-state index contributed by atoms with van der Waals surface area (Å²) in [6.45, 7) is 17.9. The molecule has 4 aliphatic carbocycles. The van der Waals surface area contributed by atoms with Gasteiger partial charge in [-0.25, -0.2) is 0 Å². The van der Waals surface area contributed by atoms with Gasteiger partial charge in [-0.2, -0.15) is 0 Å². The normalized spacial score (nSPS) is 44.4. The summed E-state index contributed by atoms with van der Waals surface area (Å²) in [7, 11) is 0. The van der Waals surface area contributed by atoms with Gasteiger partial charge in [-0.05, 0) is 105 Å². The summed E-state index contributed by atoms with van der Waals surface area (Å²) in [5.41, 5.74) is 1.27. The topological polar surface area (TPSA) is 57.5 Å². The van der Waals surface area contributed by atoms with Crippen molar-refractivity contribution in [2.45, 2.75) is 125 Å². The van der Waals surface area contributed by atoms with Gasteiger partial charge in [0.25, 0.3) is 0 Å². The molecule has 3 fully saturated rings. The number of aliphatic hydroxyl groups is 2. The van der Waals surface area contributed by atoms with Crippen molar-refractivity contribution in [3.8, 4) is 0 Å². The van der Waals surface area contributed by atoms with Gasteiger partial charge in [0.05, 0.1) is 11.7 Å². The predicted octanol–water partition coefficient (Wildman–Crippen LogP) is 6.71. The number of aliphatic hydroxyl groups excluding tert-OH is 1. The average molecular weight is 459 g/mol. The molecule has 0 aromatic carbocycles. The van der Waals surface area contributed by atoms with Crippen molar-refractivity contribution < 1.29 is 15.0 Å². The fourth-order valence-electron chi connectivity index (χ4n) is 9.44. The van der Waals surface area contributed by atoms with E-state index in [-0.39, 0.29) is 21.7 Å². The molecule has 4 rings (SSSR count). The lowest BCUT2D eigenvalue weighted by molar-refractivity contribution is -0.146. The number of carbonyl (C=O) groups is 1. The van der Waals surface area contributed by atoms with E-state index >= 15 is 0 Å². The number of hydrogen-bond donors (Lipinski definition) is 2. The first kappa shape index (κ1) is 25.4. The molecule has 0 radical (unpaired) electrons. The zero-order valence-corrected chi connectivity index (χ0v) is 22.6. The second-order valence-electron chi connectivity index (χ2n) is 14.3. The Kier molecular flexibility index (Phi) is 6.10. The third kappa shape index (κ3) is 3.62. The van der Waals surface area contributed by atoms with Crippen LogP contribution in [0.2, 0.25) is 0 Å². The number of fused-ring (bicyclic) bond motifs is 5. The quantitative estimate of drug-likeness (QED) is 0.450. The second kappa shape index (κ2) is 7.92. The Labute approximate surface area is 202 Å². The molecular weight excluding hydrogens is 408 g/mol. The highest BCUT2D eigenvalue weighted by Crippen LogP contribution is 2.73. The van der Waals surface area contributed by atoms with Crippen LogP contribution in [-0.4, -0.2) is 27.7 Å². The zero-order valence-electron chi connectivity index (χ0n) is 22.6. The van der Waals surface area contributed by atoms with E-state index in [2.05, 4.69) is 47.6 Å². The summed E-state index contributed by atoms with van der Waals surface area (Å²) in [5, 5.41) is 20.6. The van der Waals surface area contributed by atoms with Gasteiger partial charge < -0.3 is 10.2 Å². The standard InChI is InChI=1S/C30H50O3/c1-19(9-12-25(32)27(4,5)33)20-13-17-30(8)22-10-11-23-26(2,3)24(31)15-16-28(23,6)21(22)14-18-29(20,30)7/h10,19-21,23,25,32-33H,9,11-18H2,1-8H3/t19-,20-,21-,23?,25+,28-,29-,30+/m1/s1. The van der Waals surface area contributed by atoms with Crippen LogP contribution >= 0.6 is 0 Å². The highest BCUT2D eigenvalue weighted by Gasteiger charge is 2.65. The maximum Gasteiger partial charge on any atom is 0.138 e. The van der Waals surface area contributed by atoms with Crippen molar-refractivity contribution >= 4 is 5.78 Å². The molecule has 0 spiro atoms. The first-order valence-corrected chi connectivity index (χ1v) is 13.7. The SMILES string of the molecule is C[C@H](CC[C@H](O)C(C)(C)O)[C@H]1CC[C@@]2(C)C3=CCC4C(C)(C)C(=O)CC[C@]4(C)[C@@H]3CC[C@]12C. The van der Waals surface area contributed by atoms with Crippen LogP contribution in [-0.2, 0) is 4.79 Å². The molecule has 3 heteroatoms. The Balaban J connectivity index is 1.59. The minimum Gasteiger partial charge on any atom is -0.390 e. The van der Waals surface area contributed by atoms with Crippen molar-refractivity contribution in [3.05, 3.63) is 11.6 Å². The van der Waals surface area contributed by atoms with Crippen LogP contribution < -0.4 is 0 Å². The van der Waals surface area contributed by atoms with Gasteiger partial charge in [-0.1, -0.05) is 53.2 Å². The van der Waals surface area contributed by atoms with Gasteiger partial charge in [0.1, 0.15) is 5.78 Å². The molecule has 1 unspecified atom stereocenters. The molecular formula is C30H50O3. The highest BCUT2D eigenvalue weighted by molar-refractivity contribution is 5.85. The van der Waals surface area contributed by atoms with Crippen LogP contribution in [0.1, 0.15) is 113 Å². The van der Waals surface area contributed by atoms with Gasteiger partial charge in [-0.15, -0.1) is 0 Å². The van der Waals surface area contributed by atoms with Crippen molar-refractivity contribution in [1.82, 2.24) is 0 Å². The Morgan fingerprint density at radius 1 is 1.06 bits per heavy atom. The first-order valence-electron chi connectivity index (χ1n) is 13.7. The summed E-state index contributed by atoms with van der Waals surface area (Å²) in [5.74, 6) is 2.76. The third-order valence-electron chi connectivity index (χ3n) is 12.0. The van der Waals surface area contributed by atoms with Crippen LogP contribution in [0.4, 0.5) is 0 Å². The molecule has 8 atom stereocenters. The molecule has 4 aliphatic rings. The molecule has 0 aromatic rings. The summed E-state index contributed by atoms with van der Waals surface area (Å²) >= 11 is 0. The van der Waals surface area contributed by atoms with Crippen molar-refractivity contribution in [2.24, 2.45) is 45.3 Å². The van der Waals surface area contributed by atoms with Gasteiger partial charge >= 0.3 is 0 Å². The van der Waals surface area contributed by atoms with E-state index in [1.54, 1.807) is 19.4 Å². The van der Waals surface area contributed by atoms with E-state index in [1.165, 1.54) is 25.7 Å². The second-order valence-corrected chi connectivity index (χ2v) is 14.3. The number of Topliss-reactive ketones (excluding diaryl/α,β-unsaturated/α-hetero) is 1. The number of hydrogen-bond acceptors (Lipinski definition) is 3. The molecule has 2 N–H and O–H groups in total. The van der Waals surface area contributed by atoms with Crippen LogP contribution in [0.15, 0.2) is 11.6 Å². The molecule has 188 valence electrons. The molecule has 0 aromatic heterocycles. The average Bonchev–Trinajstić information content (AvgIpc) is 3.00. The molecule has 0 bridgehead atoms. The smallest absolute Gasteiger partial charge is 0.138 e. The van der Waals surface area contributed by atoms with Crippen LogP contribution in [0, 0.1) is 45.3 Å². The third-order valence-corrected chi connectivity index (χ3v) is 12.0. The monoisotopic (exact) mass is 458 g/mol. The Morgan fingerprint density at radius 3 is 2.36 bits per heavy atom. The lowest BCUT2D eigenvalue weighted by Gasteiger charge is -2.63. The van der Waals surface area contributed by atoms with E-state index in [1.807, 2.05) is 0 Å². The molecule has 3 nitrogen and oxygen atoms in total. The highest BCUT2D eigenvalue weighted by atomic mass is 16.3. The van der Waals surface area contributed by atoms with Crippen LogP contribution in [0.5, 0.6) is 0 Å². The number of ketones is 1. The van der Waals surface area contributed by atoms with Crippen molar-refractivity contribution in [1.29, 1.82) is 0 Å². The summed E-state index contributed by atoms with van der Waals surface area (Å²) in [6, 6.07) is 0. The predicted molar refractivity (Wildman–Crippen MR) is 135 cm³/mol. The fourth-order valence-corrected chi connectivity index (χ4v) is 9.44. The minimum absolute atomic E-state index is 0.204. The van der Waals surface area contributed by atoms with Gasteiger partial charge in [0.15, 0.2) is 0 Å². The van der Waals surface area contributed by atoms with Gasteiger partial charge in [0.2, 0.25) is 0 Å². The van der Waals surface area contributed by atoms with Crippen molar-refractivity contribution in [3.63, 3.8) is 0 Å². The summed E-state index contributed by atoms with van der Waals surface area (Å²) < 4.78 is 0. The molecule has 0 saturated heterocycles. The van der Waals surface area contributed by atoms with Crippen LogP contribution in [0.25, 0.3) is 0 Å². The van der Waals surface area contributed by atoms with Crippen molar-refractivity contribution in [2.75, 3.05) is 0 Å². The first-order chi connectivity index (χ1) is 15.1. The fraction of sp³-hybridized carbons (Fsp3) is 0.900. The minimum atomic E-state index is -1.03. The van der Waals surface area contributed by atoms with E-state index in [0.717, 1.165) is 25.7 Å². The van der Waals surface area contributed by atoms with E-state index in [0.29, 0.717) is 35.9 Å². The molecule has 3 saturated carbocycles. The van der Waals surface area contributed by atoms with E-state index in [9.17, 15) is 15.0 Å². The van der Waals surface area contributed by atoms with Gasteiger partial charge in [0, 0.05) is 11.8 Å². The maximum atomic E-state index is 12.8. The Hall–Kier alpha value is -0.670. The molecule has 0 amide bonds. The molecule has 0 heterocycles. The maximum absolute atomic E-state index is 12.8. The Bertz CT molecular complexity index is 819. The zero-order chi connectivity index (χ0) is 24.6.